The van der Waals surface area contributed by atoms with Crippen LogP contribution < -0.4 is 10.6 Å². The molecular weight excluding hydrogens is 603 g/mol. The molecule has 0 aliphatic rings. The van der Waals surface area contributed by atoms with E-state index in [1.807, 2.05) is 0 Å². The summed E-state index contributed by atoms with van der Waals surface area (Å²) >= 11 is 0.957. The zero-order chi connectivity index (χ0) is 30.2. The van der Waals surface area contributed by atoms with Gasteiger partial charge < -0.3 is 15.0 Å². The summed E-state index contributed by atoms with van der Waals surface area (Å²) in [6.45, 7) is 2.24. The van der Waals surface area contributed by atoms with Crippen molar-refractivity contribution in [3.63, 3.8) is 0 Å². The molecule has 13 nitrogen and oxygen atoms in total. The maximum absolute atomic E-state index is 11.8. The Labute approximate surface area is 245 Å². The lowest BCUT2D eigenvalue weighted by Crippen LogP contribution is -2.07. The second kappa shape index (κ2) is 11.1. The molecule has 0 aliphatic heterocycles. The highest BCUT2D eigenvalue weighted by atomic mass is 32.2. The predicted molar refractivity (Wildman–Crippen MR) is 158 cm³/mol. The Kier molecular flexibility index (Phi) is 7.70. The summed E-state index contributed by atoms with van der Waals surface area (Å²) in [7, 11) is -6.66. The van der Waals surface area contributed by atoms with Gasteiger partial charge in [-0.15, -0.1) is 0 Å². The van der Waals surface area contributed by atoms with Gasteiger partial charge in [-0.2, -0.15) is 9.97 Å². The first-order valence-corrected chi connectivity index (χ1v) is 16.9. The monoisotopic (exact) mass is 627 g/mol. The van der Waals surface area contributed by atoms with Crippen LogP contribution in [0.1, 0.15) is 26.5 Å². The summed E-state index contributed by atoms with van der Waals surface area (Å²) < 4.78 is 49.0. The average Bonchev–Trinajstić information content (AvgIpc) is 3.49. The number of aryl methyl sites for hydroxylation is 1. The average molecular weight is 628 g/mol. The van der Waals surface area contributed by atoms with Gasteiger partial charge in [-0.1, -0.05) is 35.6 Å². The van der Waals surface area contributed by atoms with Gasteiger partial charge in [0.15, 0.2) is 41.8 Å². The summed E-state index contributed by atoms with van der Waals surface area (Å²) in [5.41, 5.74) is 2.89. The number of sulfone groups is 2. The van der Waals surface area contributed by atoms with E-state index in [1.165, 1.54) is 12.1 Å². The van der Waals surface area contributed by atoms with Crippen LogP contribution in [0, 0.1) is 6.92 Å². The third kappa shape index (κ3) is 6.40. The van der Waals surface area contributed by atoms with Gasteiger partial charge in [0.25, 0.3) is 0 Å². The third-order valence-corrected chi connectivity index (χ3v) is 9.51. The van der Waals surface area contributed by atoms with Gasteiger partial charge in [-0.05, 0) is 42.3 Å². The van der Waals surface area contributed by atoms with E-state index in [4.69, 9.17) is 0 Å². The van der Waals surface area contributed by atoms with Crippen molar-refractivity contribution in [2.45, 2.75) is 29.8 Å². The van der Waals surface area contributed by atoms with Crippen molar-refractivity contribution in [2.24, 2.45) is 0 Å². The van der Waals surface area contributed by atoms with Crippen molar-refractivity contribution in [1.82, 2.24) is 24.5 Å². The van der Waals surface area contributed by atoms with E-state index in [2.05, 4.69) is 30.6 Å². The van der Waals surface area contributed by atoms with E-state index in [1.54, 1.807) is 54.2 Å². The first-order valence-electron chi connectivity index (χ1n) is 12.3. The molecule has 0 bridgehead atoms. The molecule has 0 saturated heterocycles. The van der Waals surface area contributed by atoms with E-state index < -0.39 is 25.6 Å². The van der Waals surface area contributed by atoms with Gasteiger partial charge in [0.1, 0.15) is 4.88 Å². The molecule has 0 radical (unpaired) electrons. The Balaban J connectivity index is 1.49. The molecule has 42 heavy (non-hydrogen) atoms. The van der Waals surface area contributed by atoms with Crippen molar-refractivity contribution in [3.8, 4) is 0 Å². The van der Waals surface area contributed by atoms with E-state index >= 15 is 0 Å². The van der Waals surface area contributed by atoms with Crippen LogP contribution in [-0.4, -0.2) is 64.9 Å². The van der Waals surface area contributed by atoms with Crippen LogP contribution in [0.25, 0.3) is 11.2 Å². The first-order chi connectivity index (χ1) is 19.8. The number of anilines is 3. The SMILES string of the molecule is Cc1nc(Nc2nc(NCc3ccc(S(C)(=O)=O)cc3)c3ncn(Cc4ccc(S(C)(=O)=O)cc4)c3n2)sc1C(=O)O. The smallest absolute Gasteiger partial charge is 0.347 e. The van der Waals surface area contributed by atoms with E-state index in [0.29, 0.717) is 40.9 Å². The number of rotatable bonds is 10. The lowest BCUT2D eigenvalue weighted by Gasteiger charge is -2.11. The van der Waals surface area contributed by atoms with E-state index in [-0.39, 0.29) is 20.6 Å². The molecule has 0 spiro atoms. The van der Waals surface area contributed by atoms with Gasteiger partial charge in [-0.25, -0.2) is 31.6 Å². The summed E-state index contributed by atoms with van der Waals surface area (Å²) in [4.78, 5) is 30.0. The Morgan fingerprint density at radius 3 is 2.05 bits per heavy atom. The van der Waals surface area contributed by atoms with Crippen LogP contribution in [0.5, 0.6) is 0 Å². The number of thiazole rings is 1. The largest absolute Gasteiger partial charge is 0.477 e. The molecule has 16 heteroatoms. The molecule has 5 rings (SSSR count). The number of aromatic nitrogens is 5. The number of aromatic carboxylic acids is 1. The van der Waals surface area contributed by atoms with Gasteiger partial charge >= 0.3 is 5.97 Å². The van der Waals surface area contributed by atoms with Gasteiger partial charge in [0.05, 0.1) is 28.4 Å². The summed E-state index contributed by atoms with van der Waals surface area (Å²) in [6, 6.07) is 13.0. The van der Waals surface area contributed by atoms with Gasteiger partial charge in [0.2, 0.25) is 5.95 Å². The fourth-order valence-electron chi connectivity index (χ4n) is 4.06. The minimum atomic E-state index is -3.33. The topological polar surface area (TPSA) is 186 Å². The number of fused-ring (bicyclic) bond motifs is 1. The second-order valence-electron chi connectivity index (χ2n) is 9.49. The third-order valence-electron chi connectivity index (χ3n) is 6.19. The van der Waals surface area contributed by atoms with Gasteiger partial charge in [0, 0.05) is 19.1 Å². The number of nitrogens with one attached hydrogen (secondary N) is 2. The minimum Gasteiger partial charge on any atom is -0.477 e. The molecule has 0 aliphatic carbocycles. The number of benzene rings is 2. The number of nitrogens with zero attached hydrogens (tertiary/aromatic N) is 5. The number of carbonyl (C=O) groups is 1. The molecule has 0 atom stereocenters. The predicted octanol–water partition coefficient (Wildman–Crippen LogP) is 3.50. The number of hydrogen-bond acceptors (Lipinski definition) is 12. The van der Waals surface area contributed by atoms with Crippen LogP contribution in [0.3, 0.4) is 0 Å². The lowest BCUT2D eigenvalue weighted by molar-refractivity contribution is 0.0701. The normalized spacial score (nSPS) is 12.0. The van der Waals surface area contributed by atoms with Crippen molar-refractivity contribution < 1.29 is 26.7 Å². The fraction of sp³-hybridized carbons (Fsp3) is 0.192. The molecule has 3 N–H and O–H groups in total. The van der Waals surface area contributed by atoms with E-state index in [0.717, 1.165) is 35.0 Å². The Bertz CT molecular complexity index is 2020. The second-order valence-corrected chi connectivity index (χ2v) is 14.5. The lowest BCUT2D eigenvalue weighted by atomic mass is 10.2. The zero-order valence-electron chi connectivity index (χ0n) is 22.6. The molecular formula is C26H25N7O6S3. The van der Waals surface area contributed by atoms with Crippen LogP contribution in [0.15, 0.2) is 64.6 Å². The molecule has 0 amide bonds. The Hall–Kier alpha value is -4.41. The van der Waals surface area contributed by atoms with Crippen molar-refractivity contribution in [2.75, 3.05) is 23.1 Å². The standard InChI is InChI=1S/C26H25N7O6S3/c1-15-21(24(34)35)40-26(29-15)32-25-30-22(27-12-16-4-8-18(9-5-16)41(2,36)37)20-23(31-25)33(14-28-20)13-17-6-10-19(11-7-17)42(3,38)39/h4-11,14H,12-13H2,1-3H3,(H,34,35)(H2,27,29,30,31,32). The molecule has 0 saturated carbocycles. The number of carboxylic acids is 1. The molecule has 3 heterocycles. The zero-order valence-corrected chi connectivity index (χ0v) is 25.0. The number of hydrogen-bond donors (Lipinski definition) is 3. The number of carboxylic acid groups (broad SMARTS) is 1. The van der Waals surface area contributed by atoms with Crippen LogP contribution in [0.4, 0.5) is 16.9 Å². The van der Waals surface area contributed by atoms with Crippen LogP contribution in [-0.2, 0) is 32.8 Å². The summed E-state index contributed by atoms with van der Waals surface area (Å²) in [5, 5.41) is 15.9. The maximum atomic E-state index is 11.8. The number of imidazole rings is 1. The van der Waals surface area contributed by atoms with Crippen LogP contribution >= 0.6 is 11.3 Å². The fourth-order valence-corrected chi connectivity index (χ4v) is 6.12. The summed E-state index contributed by atoms with van der Waals surface area (Å²) in [6.07, 6.45) is 3.89. The van der Waals surface area contributed by atoms with Gasteiger partial charge in [-0.3, -0.25) is 5.32 Å². The molecule has 218 valence electrons. The Morgan fingerprint density at radius 1 is 0.905 bits per heavy atom. The Morgan fingerprint density at radius 2 is 1.50 bits per heavy atom. The van der Waals surface area contributed by atoms with Crippen LogP contribution in [0.2, 0.25) is 0 Å². The highest BCUT2D eigenvalue weighted by molar-refractivity contribution is 7.91. The molecule has 0 unspecified atom stereocenters. The van der Waals surface area contributed by atoms with Crippen molar-refractivity contribution in [1.29, 1.82) is 0 Å². The first kappa shape index (κ1) is 29.1. The van der Waals surface area contributed by atoms with Crippen molar-refractivity contribution >= 4 is 65.0 Å². The molecule has 3 aromatic heterocycles. The summed E-state index contributed by atoms with van der Waals surface area (Å²) in [5.74, 6) is -0.552. The van der Waals surface area contributed by atoms with Crippen molar-refractivity contribution in [3.05, 3.63) is 76.6 Å². The molecule has 0 fully saturated rings. The van der Waals surface area contributed by atoms with E-state index in [9.17, 15) is 26.7 Å². The quantitative estimate of drug-likeness (QED) is 0.205. The molecule has 5 aromatic rings. The minimum absolute atomic E-state index is 0.0945. The highest BCUT2D eigenvalue weighted by Gasteiger charge is 2.18. The highest BCUT2D eigenvalue weighted by Crippen LogP contribution is 2.28. The molecule has 2 aromatic carbocycles. The maximum Gasteiger partial charge on any atom is 0.347 e.